The molecule has 1 aromatic carbocycles. The van der Waals surface area contributed by atoms with E-state index in [0.29, 0.717) is 6.42 Å². The Balaban J connectivity index is 3.01. The largest absolute Gasteiger partial charge is 0.481 e. The van der Waals surface area contributed by atoms with Crippen molar-refractivity contribution >= 4 is 48.2 Å². The molecule has 6 atom stereocenters. The number of thiol groups is 1. The minimum Gasteiger partial charge on any atom is -0.481 e. The highest BCUT2D eigenvalue weighted by molar-refractivity contribution is 7.80. The molecular formula is C25H36N4O10S. The first-order chi connectivity index (χ1) is 18.8. The topological polar surface area (TPSA) is 231 Å². The van der Waals surface area contributed by atoms with E-state index in [2.05, 4.69) is 33.9 Å². The number of benzene rings is 1. The number of hydrogen-bond donors (Lipinski definition) is 9. The second kappa shape index (κ2) is 17.1. The lowest BCUT2D eigenvalue weighted by Crippen LogP contribution is -2.61. The first kappa shape index (κ1) is 34.3. The van der Waals surface area contributed by atoms with Crippen LogP contribution in [-0.4, -0.2) is 98.6 Å². The van der Waals surface area contributed by atoms with Crippen LogP contribution in [0.3, 0.4) is 0 Å². The van der Waals surface area contributed by atoms with Crippen molar-refractivity contribution < 1.29 is 49.2 Å². The first-order valence-electron chi connectivity index (χ1n) is 12.4. The van der Waals surface area contributed by atoms with Gasteiger partial charge in [-0.05, 0) is 32.3 Å². The van der Waals surface area contributed by atoms with Crippen LogP contribution < -0.4 is 21.3 Å². The Kier molecular flexibility index (Phi) is 14.7. The monoisotopic (exact) mass is 584 g/mol. The van der Waals surface area contributed by atoms with E-state index in [1.54, 1.807) is 12.1 Å². The molecule has 1 unspecified atom stereocenters. The zero-order chi connectivity index (χ0) is 30.4. The molecule has 8 N–H and O–H groups in total. The van der Waals surface area contributed by atoms with Crippen LogP contribution in [0.5, 0.6) is 0 Å². The van der Waals surface area contributed by atoms with Gasteiger partial charge in [0.1, 0.15) is 24.2 Å². The number of aliphatic carboxylic acids is 2. The van der Waals surface area contributed by atoms with Crippen molar-refractivity contribution in [3.05, 3.63) is 35.9 Å². The van der Waals surface area contributed by atoms with Crippen LogP contribution >= 0.6 is 12.6 Å². The minimum atomic E-state index is -1.68. The Bertz CT molecular complexity index is 1040. The molecule has 15 heteroatoms. The van der Waals surface area contributed by atoms with Gasteiger partial charge < -0.3 is 41.7 Å². The fourth-order valence-electron chi connectivity index (χ4n) is 3.46. The summed E-state index contributed by atoms with van der Waals surface area (Å²) in [6.07, 6.45) is -2.06. The van der Waals surface area contributed by atoms with Crippen molar-refractivity contribution in [1.29, 1.82) is 0 Å². The molecule has 14 nitrogen and oxygen atoms in total. The molecule has 0 aromatic heterocycles. The van der Waals surface area contributed by atoms with Gasteiger partial charge in [-0.25, -0.2) is 0 Å². The lowest BCUT2D eigenvalue weighted by atomic mass is 9.99. The van der Waals surface area contributed by atoms with Crippen LogP contribution in [0.2, 0.25) is 0 Å². The number of amides is 4. The van der Waals surface area contributed by atoms with Gasteiger partial charge in [0.25, 0.3) is 0 Å². The Morgan fingerprint density at radius 3 is 1.90 bits per heavy atom. The van der Waals surface area contributed by atoms with Crippen LogP contribution in [0, 0.1) is 5.92 Å². The van der Waals surface area contributed by atoms with Gasteiger partial charge in [-0.1, -0.05) is 30.3 Å². The molecular weight excluding hydrogens is 548 g/mol. The number of carboxylic acid groups (broad SMARTS) is 2. The van der Waals surface area contributed by atoms with Crippen molar-refractivity contribution in [3.8, 4) is 0 Å². The quantitative estimate of drug-likeness (QED) is 0.0919. The van der Waals surface area contributed by atoms with Gasteiger partial charge in [0.05, 0.1) is 18.6 Å². The lowest BCUT2D eigenvalue weighted by Gasteiger charge is -2.27. The summed E-state index contributed by atoms with van der Waals surface area (Å²) >= 11 is 4.22. The van der Waals surface area contributed by atoms with Crippen molar-refractivity contribution in [1.82, 2.24) is 21.3 Å². The van der Waals surface area contributed by atoms with Crippen molar-refractivity contribution in [2.75, 3.05) is 12.4 Å². The van der Waals surface area contributed by atoms with E-state index in [-0.39, 0.29) is 12.2 Å². The third kappa shape index (κ3) is 11.6. The van der Waals surface area contributed by atoms with Crippen LogP contribution in [0.1, 0.15) is 32.3 Å². The van der Waals surface area contributed by atoms with E-state index in [0.717, 1.165) is 12.5 Å². The summed E-state index contributed by atoms with van der Waals surface area (Å²) in [5.41, 5.74) is 0.842. The van der Waals surface area contributed by atoms with Gasteiger partial charge in [0, 0.05) is 12.2 Å². The molecule has 222 valence electrons. The van der Waals surface area contributed by atoms with E-state index in [1.807, 2.05) is 18.2 Å². The summed E-state index contributed by atoms with van der Waals surface area (Å²) in [7, 11) is 0. The highest BCUT2D eigenvalue weighted by atomic mass is 32.1. The molecule has 1 rings (SSSR count). The number of carboxylic acids is 2. The molecule has 0 aliphatic carbocycles. The van der Waals surface area contributed by atoms with Gasteiger partial charge in [-0.2, -0.15) is 12.6 Å². The first-order valence-corrected chi connectivity index (χ1v) is 13.0. The normalized spacial score (nSPS) is 15.3. The van der Waals surface area contributed by atoms with Gasteiger partial charge >= 0.3 is 11.9 Å². The van der Waals surface area contributed by atoms with Crippen LogP contribution in [0.15, 0.2) is 30.3 Å². The highest BCUT2D eigenvalue weighted by Crippen LogP contribution is 2.12. The standard InChI is InChI=1S/C25H36N4O10S/c1-13(25(38)39)26-23(36)18(11-30)28-24(37)20(14(2)31)29-22(35)17(8-9-19(32)33)27-21(34)16(12-40)10-15-6-4-3-5-7-15/h3-7,13-14,16-18,20,30-31,40H,8-12H2,1-2H3,(H,26,36)(H,27,34)(H,28,37)(H,29,35)(H,32,33)(H,38,39)/t13-,14+,16?,17-,18-,20-/m0/s1. The van der Waals surface area contributed by atoms with E-state index in [1.165, 1.54) is 6.92 Å². The minimum absolute atomic E-state index is 0.123. The molecule has 0 saturated heterocycles. The summed E-state index contributed by atoms with van der Waals surface area (Å²) in [6, 6.07) is 3.02. The second-order valence-electron chi connectivity index (χ2n) is 9.10. The van der Waals surface area contributed by atoms with E-state index >= 15 is 0 Å². The highest BCUT2D eigenvalue weighted by Gasteiger charge is 2.33. The maximum atomic E-state index is 13.1. The Labute approximate surface area is 236 Å². The molecule has 0 bridgehead atoms. The zero-order valence-corrected chi connectivity index (χ0v) is 23.0. The second-order valence-corrected chi connectivity index (χ2v) is 9.47. The average Bonchev–Trinajstić information content (AvgIpc) is 2.90. The predicted octanol–water partition coefficient (Wildman–Crippen LogP) is -1.94. The SMILES string of the molecule is C[C@H](NC(=O)[C@H](CO)NC(=O)[C@@H](NC(=O)[C@H](CCC(=O)O)NC(=O)C(CS)Cc1ccccc1)[C@@H](C)O)C(=O)O. The summed E-state index contributed by atoms with van der Waals surface area (Å²) in [4.78, 5) is 73.2. The van der Waals surface area contributed by atoms with Crippen LogP contribution in [0.4, 0.5) is 0 Å². The lowest BCUT2D eigenvalue weighted by molar-refractivity contribution is -0.142. The molecule has 0 saturated carbocycles. The number of carbonyl (C=O) groups excluding carboxylic acids is 4. The maximum absolute atomic E-state index is 13.1. The molecule has 4 amide bonds. The molecule has 40 heavy (non-hydrogen) atoms. The summed E-state index contributed by atoms with van der Waals surface area (Å²) in [5, 5.41) is 46.6. The van der Waals surface area contributed by atoms with E-state index in [4.69, 9.17) is 10.2 Å². The maximum Gasteiger partial charge on any atom is 0.325 e. The van der Waals surface area contributed by atoms with Crippen molar-refractivity contribution in [2.24, 2.45) is 5.92 Å². The van der Waals surface area contributed by atoms with Crippen molar-refractivity contribution in [2.45, 2.75) is 63.4 Å². The zero-order valence-electron chi connectivity index (χ0n) is 22.1. The van der Waals surface area contributed by atoms with Crippen molar-refractivity contribution in [3.63, 3.8) is 0 Å². The number of carbonyl (C=O) groups is 6. The molecule has 0 spiro atoms. The van der Waals surface area contributed by atoms with Gasteiger partial charge in [0.2, 0.25) is 23.6 Å². The number of aliphatic hydroxyl groups excluding tert-OH is 2. The molecule has 0 aliphatic rings. The molecule has 0 heterocycles. The Morgan fingerprint density at radius 1 is 0.825 bits per heavy atom. The molecule has 1 aromatic rings. The number of hydrogen-bond acceptors (Lipinski definition) is 9. The number of aliphatic hydroxyl groups is 2. The third-order valence-electron chi connectivity index (χ3n) is 5.80. The summed E-state index contributed by atoms with van der Waals surface area (Å²) < 4.78 is 0. The van der Waals surface area contributed by atoms with Crippen LogP contribution in [-0.2, 0) is 35.2 Å². The van der Waals surface area contributed by atoms with Crippen LogP contribution in [0.25, 0.3) is 0 Å². The predicted molar refractivity (Wildman–Crippen MR) is 144 cm³/mol. The van der Waals surface area contributed by atoms with E-state index in [9.17, 15) is 39.0 Å². The summed E-state index contributed by atoms with van der Waals surface area (Å²) in [5.74, 6) is -6.81. The third-order valence-corrected chi connectivity index (χ3v) is 6.24. The molecule has 0 fully saturated rings. The van der Waals surface area contributed by atoms with E-state index < -0.39 is 84.8 Å². The summed E-state index contributed by atoms with van der Waals surface area (Å²) in [6.45, 7) is 1.40. The molecule has 0 radical (unpaired) electrons. The van der Waals surface area contributed by atoms with Gasteiger partial charge in [-0.3, -0.25) is 28.8 Å². The number of nitrogens with one attached hydrogen (secondary N) is 4. The average molecular weight is 585 g/mol. The Morgan fingerprint density at radius 2 is 1.40 bits per heavy atom. The van der Waals surface area contributed by atoms with Gasteiger partial charge in [-0.15, -0.1) is 0 Å². The van der Waals surface area contributed by atoms with Gasteiger partial charge in [0.15, 0.2) is 0 Å². The number of rotatable bonds is 17. The smallest absolute Gasteiger partial charge is 0.325 e. The Hall–Kier alpha value is -3.69. The fourth-order valence-corrected chi connectivity index (χ4v) is 3.75. The molecule has 0 aliphatic heterocycles. The fraction of sp³-hybridized carbons (Fsp3) is 0.520.